The molecule has 0 fully saturated rings. The molecule has 11 heavy (non-hydrogen) atoms. The molecule has 0 bridgehead atoms. The number of hydrogen-bond donors (Lipinski definition) is 1. The van der Waals surface area contributed by atoms with Crippen molar-refractivity contribution in [2.75, 3.05) is 17.5 Å². The second kappa shape index (κ2) is 5.54. The molecule has 0 saturated heterocycles. The van der Waals surface area contributed by atoms with Crippen molar-refractivity contribution < 1.29 is 0 Å². The molecule has 0 aliphatic carbocycles. The van der Waals surface area contributed by atoms with Gasteiger partial charge in [-0.1, -0.05) is 22.6 Å². The van der Waals surface area contributed by atoms with Gasteiger partial charge < -0.3 is 5.32 Å². The van der Waals surface area contributed by atoms with Crippen molar-refractivity contribution in [1.29, 1.82) is 0 Å². The predicted octanol–water partition coefficient (Wildman–Crippen LogP) is 0.908. The third kappa shape index (κ3) is 3.71. The molecule has 3 nitrogen and oxygen atoms in total. The summed E-state index contributed by atoms with van der Waals surface area (Å²) < 4.78 is 3.09. The Kier molecular flexibility index (Phi) is 4.53. The van der Waals surface area contributed by atoms with Crippen LogP contribution in [0.4, 0.5) is 0 Å². The van der Waals surface area contributed by atoms with Gasteiger partial charge >= 0.3 is 0 Å². The molecule has 1 N–H and O–H groups in total. The molecule has 0 aliphatic rings. The Morgan fingerprint density at radius 2 is 2.36 bits per heavy atom. The van der Waals surface area contributed by atoms with Gasteiger partial charge in [0.05, 0.1) is 6.54 Å². The molecular formula is C7H12IN3. The van der Waals surface area contributed by atoms with Crippen molar-refractivity contribution in [2.24, 2.45) is 0 Å². The third-order valence-corrected chi connectivity index (χ3v) is 1.89. The molecule has 0 unspecified atom stereocenters. The highest BCUT2D eigenvalue weighted by molar-refractivity contribution is 14.1. The summed E-state index contributed by atoms with van der Waals surface area (Å²) in [5.41, 5.74) is 0. The zero-order chi connectivity index (χ0) is 7.94. The second-order valence-corrected chi connectivity index (χ2v) is 3.29. The minimum absolute atomic E-state index is 0.962. The quantitative estimate of drug-likeness (QED) is 0.487. The van der Waals surface area contributed by atoms with Crippen LogP contribution in [0, 0.1) is 0 Å². The van der Waals surface area contributed by atoms with Gasteiger partial charge in [0.2, 0.25) is 0 Å². The zero-order valence-electron chi connectivity index (χ0n) is 6.33. The Labute approximate surface area is 80.3 Å². The average molecular weight is 265 g/mol. The number of aromatic nitrogens is 2. The monoisotopic (exact) mass is 265 g/mol. The summed E-state index contributed by atoms with van der Waals surface area (Å²) in [5, 5.41) is 7.39. The van der Waals surface area contributed by atoms with Crippen molar-refractivity contribution in [3.8, 4) is 0 Å². The summed E-state index contributed by atoms with van der Waals surface area (Å²) in [6.45, 7) is 3.05. The molecule has 62 valence electrons. The summed E-state index contributed by atoms with van der Waals surface area (Å²) in [6, 6.07) is 1.94. The van der Waals surface area contributed by atoms with Gasteiger partial charge in [-0.2, -0.15) is 5.10 Å². The smallest absolute Gasteiger partial charge is 0.0533 e. The Balaban J connectivity index is 2.04. The molecular weight excluding hydrogens is 253 g/mol. The van der Waals surface area contributed by atoms with E-state index in [-0.39, 0.29) is 0 Å². The molecule has 0 aromatic carbocycles. The van der Waals surface area contributed by atoms with Crippen LogP contribution >= 0.6 is 22.6 Å². The first-order valence-corrected chi connectivity index (χ1v) is 5.20. The van der Waals surface area contributed by atoms with Crippen molar-refractivity contribution in [2.45, 2.75) is 6.54 Å². The molecule has 0 radical (unpaired) electrons. The molecule has 0 saturated carbocycles. The van der Waals surface area contributed by atoms with E-state index in [0.717, 1.165) is 24.1 Å². The minimum atomic E-state index is 0.962. The Bertz CT molecular complexity index is 174. The van der Waals surface area contributed by atoms with E-state index in [2.05, 4.69) is 33.0 Å². The fourth-order valence-electron chi connectivity index (χ4n) is 0.818. The fourth-order valence-corrected chi connectivity index (χ4v) is 1.20. The topological polar surface area (TPSA) is 29.9 Å². The maximum absolute atomic E-state index is 4.09. The van der Waals surface area contributed by atoms with Gasteiger partial charge in [-0.05, 0) is 6.07 Å². The van der Waals surface area contributed by atoms with E-state index >= 15 is 0 Å². The Morgan fingerprint density at radius 1 is 1.45 bits per heavy atom. The number of nitrogens with one attached hydrogen (secondary N) is 1. The summed E-state index contributed by atoms with van der Waals surface area (Å²) in [5.74, 6) is 0. The number of hydrogen-bond acceptors (Lipinski definition) is 2. The molecule has 0 spiro atoms. The highest BCUT2D eigenvalue weighted by Crippen LogP contribution is 1.82. The van der Waals surface area contributed by atoms with Crippen LogP contribution < -0.4 is 5.32 Å². The Morgan fingerprint density at radius 3 is 3.00 bits per heavy atom. The molecule has 0 aliphatic heterocycles. The number of rotatable bonds is 5. The van der Waals surface area contributed by atoms with Crippen LogP contribution in [0.1, 0.15) is 0 Å². The van der Waals surface area contributed by atoms with Crippen molar-refractivity contribution in [3.63, 3.8) is 0 Å². The van der Waals surface area contributed by atoms with Crippen LogP contribution in [0.15, 0.2) is 18.5 Å². The second-order valence-electron chi connectivity index (χ2n) is 2.21. The fraction of sp³-hybridized carbons (Fsp3) is 0.571. The SMILES string of the molecule is ICCNCCn1cccn1. The van der Waals surface area contributed by atoms with Crippen LogP contribution in [0.2, 0.25) is 0 Å². The summed E-state index contributed by atoms with van der Waals surface area (Å²) in [6.07, 6.45) is 3.78. The molecule has 1 heterocycles. The first-order chi connectivity index (χ1) is 5.43. The molecule has 1 aromatic rings. The maximum Gasteiger partial charge on any atom is 0.0533 e. The van der Waals surface area contributed by atoms with Gasteiger partial charge in [0.15, 0.2) is 0 Å². The van der Waals surface area contributed by atoms with E-state index in [1.807, 2.05) is 16.9 Å². The normalized spacial score (nSPS) is 10.3. The number of nitrogens with zero attached hydrogens (tertiary/aromatic N) is 2. The summed E-state index contributed by atoms with van der Waals surface area (Å²) in [7, 11) is 0. The van der Waals surface area contributed by atoms with E-state index in [1.54, 1.807) is 6.20 Å². The van der Waals surface area contributed by atoms with Gasteiger partial charge in [-0.25, -0.2) is 0 Å². The van der Waals surface area contributed by atoms with Crippen molar-refractivity contribution >= 4 is 22.6 Å². The third-order valence-electron chi connectivity index (χ3n) is 1.35. The molecule has 1 aromatic heterocycles. The lowest BCUT2D eigenvalue weighted by atomic mass is 10.6. The highest BCUT2D eigenvalue weighted by atomic mass is 127. The van der Waals surface area contributed by atoms with Gasteiger partial charge in [0.1, 0.15) is 0 Å². The lowest BCUT2D eigenvalue weighted by molar-refractivity contribution is 0.568. The van der Waals surface area contributed by atoms with Crippen molar-refractivity contribution in [3.05, 3.63) is 18.5 Å². The van der Waals surface area contributed by atoms with Gasteiger partial charge in [-0.15, -0.1) is 0 Å². The minimum Gasteiger partial charge on any atom is -0.314 e. The van der Waals surface area contributed by atoms with E-state index in [4.69, 9.17) is 0 Å². The van der Waals surface area contributed by atoms with Crippen LogP contribution in [0.25, 0.3) is 0 Å². The zero-order valence-corrected chi connectivity index (χ0v) is 8.49. The van der Waals surface area contributed by atoms with Gasteiger partial charge in [0, 0.05) is 29.9 Å². The predicted molar refractivity (Wildman–Crippen MR) is 54.0 cm³/mol. The summed E-state index contributed by atoms with van der Waals surface area (Å²) >= 11 is 2.36. The van der Waals surface area contributed by atoms with Crippen LogP contribution in [-0.4, -0.2) is 27.3 Å². The first-order valence-electron chi connectivity index (χ1n) is 3.67. The summed E-state index contributed by atoms with van der Waals surface area (Å²) in [4.78, 5) is 0. The molecule has 4 heteroatoms. The highest BCUT2D eigenvalue weighted by Gasteiger charge is 1.88. The largest absolute Gasteiger partial charge is 0.314 e. The van der Waals surface area contributed by atoms with Crippen LogP contribution in [0.3, 0.4) is 0 Å². The number of halogens is 1. The molecule has 0 atom stereocenters. The standard InChI is InChI=1S/C7H12IN3/c8-2-4-9-5-7-11-6-1-3-10-11/h1,3,6,9H,2,4-5,7H2. The van der Waals surface area contributed by atoms with Crippen LogP contribution in [-0.2, 0) is 6.54 Å². The number of alkyl halides is 1. The van der Waals surface area contributed by atoms with Gasteiger partial charge in [0.25, 0.3) is 0 Å². The molecule has 0 amide bonds. The first kappa shape index (κ1) is 8.99. The lowest BCUT2D eigenvalue weighted by Crippen LogP contribution is -2.21. The van der Waals surface area contributed by atoms with Gasteiger partial charge in [-0.3, -0.25) is 4.68 Å². The van der Waals surface area contributed by atoms with E-state index < -0.39 is 0 Å². The Hall–Kier alpha value is -0.100. The molecule has 1 rings (SSSR count). The van der Waals surface area contributed by atoms with E-state index in [1.165, 1.54) is 0 Å². The maximum atomic E-state index is 4.09. The van der Waals surface area contributed by atoms with Crippen molar-refractivity contribution in [1.82, 2.24) is 15.1 Å². The lowest BCUT2D eigenvalue weighted by Gasteiger charge is -2.01. The van der Waals surface area contributed by atoms with Crippen LogP contribution in [0.5, 0.6) is 0 Å². The van der Waals surface area contributed by atoms with E-state index in [0.29, 0.717) is 0 Å². The average Bonchev–Trinajstić information content (AvgIpc) is 2.50. The van der Waals surface area contributed by atoms with E-state index in [9.17, 15) is 0 Å².